The Bertz CT molecular complexity index is 179. The summed E-state index contributed by atoms with van der Waals surface area (Å²) in [5.74, 6) is 0. The number of rotatable bonds is 2. The number of aliphatic hydroxyl groups is 1. The van der Waals surface area contributed by atoms with E-state index in [0.717, 1.165) is 25.7 Å². The van der Waals surface area contributed by atoms with Gasteiger partial charge in [0.1, 0.15) is 0 Å². The lowest BCUT2D eigenvalue weighted by molar-refractivity contribution is 0.180. The average Bonchev–Trinajstić information content (AvgIpc) is 2.32. The molecule has 0 unspecified atom stereocenters. The second-order valence-electron chi connectivity index (χ2n) is 3.49. The summed E-state index contributed by atoms with van der Waals surface area (Å²) in [6.07, 6.45) is 6.21. The molecule has 68 valence electrons. The highest BCUT2D eigenvalue weighted by Gasteiger charge is 2.28. The van der Waals surface area contributed by atoms with Crippen LogP contribution in [0.4, 0.5) is 0 Å². The molecule has 0 radical (unpaired) electrons. The van der Waals surface area contributed by atoms with Gasteiger partial charge in [-0.2, -0.15) is 0 Å². The molecule has 1 saturated carbocycles. The van der Waals surface area contributed by atoms with Crippen molar-refractivity contribution in [1.29, 1.82) is 0 Å². The van der Waals surface area contributed by atoms with E-state index in [-0.39, 0.29) is 6.61 Å². The van der Waals surface area contributed by atoms with Crippen molar-refractivity contribution in [3.05, 3.63) is 10.4 Å². The highest BCUT2D eigenvalue weighted by atomic mass is 16.3. The van der Waals surface area contributed by atoms with Crippen LogP contribution in [0.3, 0.4) is 0 Å². The molecular formula is C8H15N3O. The molecule has 1 aliphatic carbocycles. The molecular weight excluding hydrogens is 154 g/mol. The smallest absolute Gasteiger partial charge is 0.0718 e. The average molecular weight is 169 g/mol. The van der Waals surface area contributed by atoms with Crippen LogP contribution in [0.2, 0.25) is 0 Å². The summed E-state index contributed by atoms with van der Waals surface area (Å²) in [5.41, 5.74) is 7.87. The summed E-state index contributed by atoms with van der Waals surface area (Å²) in [6.45, 7) is -0.00292. The minimum absolute atomic E-state index is 0.00292. The van der Waals surface area contributed by atoms with Gasteiger partial charge in [-0.3, -0.25) is 0 Å². The maximum absolute atomic E-state index is 9.13. The first kappa shape index (κ1) is 9.36. The van der Waals surface area contributed by atoms with Gasteiger partial charge >= 0.3 is 0 Å². The van der Waals surface area contributed by atoms with Gasteiger partial charge in [0.2, 0.25) is 0 Å². The second-order valence-corrected chi connectivity index (χ2v) is 3.49. The Morgan fingerprint density at radius 1 is 1.25 bits per heavy atom. The van der Waals surface area contributed by atoms with Gasteiger partial charge in [0, 0.05) is 4.91 Å². The van der Waals surface area contributed by atoms with E-state index < -0.39 is 5.54 Å². The number of aliphatic hydroxyl groups excluding tert-OH is 1. The lowest BCUT2D eigenvalue weighted by Gasteiger charge is -2.23. The molecule has 12 heavy (non-hydrogen) atoms. The van der Waals surface area contributed by atoms with E-state index in [1.165, 1.54) is 12.8 Å². The van der Waals surface area contributed by atoms with Crippen LogP contribution in [0.15, 0.2) is 5.11 Å². The van der Waals surface area contributed by atoms with Gasteiger partial charge in [0.25, 0.3) is 0 Å². The van der Waals surface area contributed by atoms with Gasteiger partial charge in [0.05, 0.1) is 12.1 Å². The zero-order chi connectivity index (χ0) is 8.86. The summed E-state index contributed by atoms with van der Waals surface area (Å²) < 4.78 is 0. The van der Waals surface area contributed by atoms with Gasteiger partial charge in [-0.05, 0) is 18.4 Å². The molecule has 1 fully saturated rings. The van der Waals surface area contributed by atoms with Crippen LogP contribution in [-0.4, -0.2) is 17.3 Å². The summed E-state index contributed by atoms with van der Waals surface area (Å²) in [4.78, 5) is 2.81. The highest BCUT2D eigenvalue weighted by molar-refractivity contribution is 4.89. The van der Waals surface area contributed by atoms with Crippen LogP contribution < -0.4 is 0 Å². The third kappa shape index (κ3) is 2.13. The summed E-state index contributed by atoms with van der Waals surface area (Å²) in [6, 6.07) is 0. The zero-order valence-corrected chi connectivity index (χ0v) is 7.24. The van der Waals surface area contributed by atoms with Crippen LogP contribution in [0.1, 0.15) is 38.5 Å². The van der Waals surface area contributed by atoms with Crippen molar-refractivity contribution >= 4 is 0 Å². The van der Waals surface area contributed by atoms with Crippen molar-refractivity contribution in [3.8, 4) is 0 Å². The van der Waals surface area contributed by atoms with Crippen molar-refractivity contribution < 1.29 is 5.11 Å². The monoisotopic (exact) mass is 169 g/mol. The third-order valence-corrected chi connectivity index (χ3v) is 2.59. The van der Waals surface area contributed by atoms with E-state index >= 15 is 0 Å². The van der Waals surface area contributed by atoms with E-state index in [4.69, 9.17) is 10.6 Å². The quantitative estimate of drug-likeness (QED) is 0.293. The van der Waals surface area contributed by atoms with Crippen molar-refractivity contribution in [2.45, 2.75) is 44.1 Å². The molecule has 0 aromatic rings. The predicted molar refractivity (Wildman–Crippen MR) is 46.7 cm³/mol. The molecule has 0 spiro atoms. The summed E-state index contributed by atoms with van der Waals surface area (Å²) >= 11 is 0. The van der Waals surface area contributed by atoms with E-state index in [1.54, 1.807) is 0 Å². The maximum Gasteiger partial charge on any atom is 0.0718 e. The van der Waals surface area contributed by atoms with Crippen molar-refractivity contribution in [3.63, 3.8) is 0 Å². The van der Waals surface area contributed by atoms with Crippen LogP contribution >= 0.6 is 0 Å². The van der Waals surface area contributed by atoms with Gasteiger partial charge in [-0.15, -0.1) is 0 Å². The first-order valence-electron chi connectivity index (χ1n) is 4.50. The summed E-state index contributed by atoms with van der Waals surface area (Å²) in [5, 5.41) is 12.9. The van der Waals surface area contributed by atoms with Crippen LogP contribution in [0.25, 0.3) is 10.4 Å². The molecule has 4 nitrogen and oxygen atoms in total. The number of nitrogens with zero attached hydrogens (tertiary/aromatic N) is 3. The minimum atomic E-state index is -0.481. The van der Waals surface area contributed by atoms with Crippen molar-refractivity contribution in [2.75, 3.05) is 6.61 Å². The Balaban J connectivity index is 2.67. The SMILES string of the molecule is [N-]=[N+]=NC1(CO)CCCCCC1. The maximum atomic E-state index is 9.13. The normalized spacial score (nSPS) is 22.4. The largest absolute Gasteiger partial charge is 0.396 e. The molecule has 0 heterocycles. The standard InChI is InChI=1S/C8H15N3O/c9-11-10-8(7-12)5-3-1-2-4-6-8/h12H,1-7H2. The number of hydrogen-bond donors (Lipinski definition) is 1. The number of azide groups is 1. The van der Waals surface area contributed by atoms with Crippen molar-refractivity contribution in [2.24, 2.45) is 5.11 Å². The van der Waals surface area contributed by atoms with E-state index in [0.29, 0.717) is 0 Å². The lowest BCUT2D eigenvalue weighted by atomic mass is 9.92. The molecule has 0 amide bonds. The van der Waals surface area contributed by atoms with E-state index in [9.17, 15) is 0 Å². The minimum Gasteiger partial charge on any atom is -0.396 e. The predicted octanol–water partition coefficient (Wildman–Crippen LogP) is 2.38. The second kappa shape index (κ2) is 4.33. The third-order valence-electron chi connectivity index (χ3n) is 2.59. The molecule has 0 atom stereocenters. The fraction of sp³-hybridized carbons (Fsp3) is 1.00. The molecule has 0 aromatic heterocycles. The fourth-order valence-corrected chi connectivity index (χ4v) is 1.77. The topological polar surface area (TPSA) is 69.0 Å². The molecule has 0 aliphatic heterocycles. The molecule has 0 aromatic carbocycles. The van der Waals surface area contributed by atoms with E-state index in [1.807, 2.05) is 0 Å². The zero-order valence-electron chi connectivity index (χ0n) is 7.24. The van der Waals surface area contributed by atoms with Gasteiger partial charge in [-0.25, -0.2) is 0 Å². The van der Waals surface area contributed by atoms with Gasteiger partial charge in [-0.1, -0.05) is 30.8 Å². The molecule has 0 bridgehead atoms. The molecule has 1 N–H and O–H groups in total. The van der Waals surface area contributed by atoms with Crippen LogP contribution in [0, 0.1) is 0 Å². The van der Waals surface area contributed by atoms with Crippen LogP contribution in [-0.2, 0) is 0 Å². The lowest BCUT2D eigenvalue weighted by Crippen LogP contribution is -2.29. The molecule has 1 rings (SSSR count). The Hall–Kier alpha value is -0.730. The molecule has 0 saturated heterocycles. The Morgan fingerprint density at radius 2 is 1.83 bits per heavy atom. The summed E-state index contributed by atoms with van der Waals surface area (Å²) in [7, 11) is 0. The van der Waals surface area contributed by atoms with Crippen LogP contribution in [0.5, 0.6) is 0 Å². The fourth-order valence-electron chi connectivity index (χ4n) is 1.77. The van der Waals surface area contributed by atoms with E-state index in [2.05, 4.69) is 10.0 Å². The Kier molecular flexibility index (Phi) is 3.38. The first-order valence-corrected chi connectivity index (χ1v) is 4.50. The highest BCUT2D eigenvalue weighted by Crippen LogP contribution is 2.30. The Morgan fingerprint density at radius 3 is 2.25 bits per heavy atom. The number of hydrogen-bond acceptors (Lipinski definition) is 2. The first-order chi connectivity index (χ1) is 5.83. The van der Waals surface area contributed by atoms with Gasteiger partial charge in [0.15, 0.2) is 0 Å². The van der Waals surface area contributed by atoms with Crippen molar-refractivity contribution in [1.82, 2.24) is 0 Å². The Labute approximate surface area is 72.2 Å². The molecule has 1 aliphatic rings. The van der Waals surface area contributed by atoms with Gasteiger partial charge < -0.3 is 5.11 Å². The molecule has 4 heteroatoms.